The summed E-state index contributed by atoms with van der Waals surface area (Å²) in [6.45, 7) is 0. The number of benzene rings is 2. The van der Waals surface area contributed by atoms with E-state index in [0.29, 0.717) is 27.9 Å². The smallest absolute Gasteiger partial charge is 0.227 e. The number of hydrogen-bond acceptors (Lipinski definition) is 4. The normalized spacial score (nSPS) is 10.8. The van der Waals surface area contributed by atoms with Gasteiger partial charge in [0.2, 0.25) is 5.89 Å². The molecule has 4 nitrogen and oxygen atoms in total. The van der Waals surface area contributed by atoms with Gasteiger partial charge in [0.25, 0.3) is 0 Å². The number of nitrogen functional groups attached to an aromatic ring is 1. The molecule has 3 rings (SSSR count). The van der Waals surface area contributed by atoms with Crippen molar-refractivity contribution in [3.63, 3.8) is 0 Å². The number of rotatable bonds is 2. The van der Waals surface area contributed by atoms with Gasteiger partial charge in [-0.3, -0.25) is 0 Å². The minimum atomic E-state index is 0.506. The molecule has 0 atom stereocenters. The number of hydrogen-bond donors (Lipinski definition) is 1. The zero-order valence-electron chi connectivity index (χ0n) is 10.2. The lowest BCUT2D eigenvalue weighted by Gasteiger charge is -2.04. The van der Waals surface area contributed by atoms with Crippen LogP contribution in [0.1, 0.15) is 0 Å². The van der Waals surface area contributed by atoms with Gasteiger partial charge in [-0.05, 0) is 36.4 Å². The molecule has 5 heteroatoms. The van der Waals surface area contributed by atoms with Crippen LogP contribution in [-0.4, -0.2) is 12.1 Å². The van der Waals surface area contributed by atoms with E-state index in [9.17, 15) is 0 Å². The summed E-state index contributed by atoms with van der Waals surface area (Å²) in [5, 5.41) is 0.626. The highest BCUT2D eigenvalue weighted by molar-refractivity contribution is 6.31. The zero-order chi connectivity index (χ0) is 13.4. The summed E-state index contributed by atoms with van der Waals surface area (Å²) < 4.78 is 10.8. The third-order valence-corrected chi connectivity index (χ3v) is 3.06. The maximum Gasteiger partial charge on any atom is 0.227 e. The molecule has 0 radical (unpaired) electrons. The molecule has 3 aromatic rings. The molecule has 0 aliphatic rings. The molecule has 1 heterocycles. The Bertz CT molecular complexity index is 752. The van der Waals surface area contributed by atoms with Crippen LogP contribution in [0.5, 0.6) is 5.75 Å². The molecule has 2 aromatic carbocycles. The Labute approximate surface area is 114 Å². The van der Waals surface area contributed by atoms with Gasteiger partial charge in [0.1, 0.15) is 11.3 Å². The number of aromatic nitrogens is 1. The highest BCUT2D eigenvalue weighted by atomic mass is 35.5. The van der Waals surface area contributed by atoms with Gasteiger partial charge in [-0.1, -0.05) is 11.6 Å². The average molecular weight is 275 g/mol. The molecule has 0 amide bonds. The van der Waals surface area contributed by atoms with E-state index >= 15 is 0 Å². The number of ether oxygens (including phenoxy) is 1. The van der Waals surface area contributed by atoms with Gasteiger partial charge in [-0.2, -0.15) is 0 Å². The first-order chi connectivity index (χ1) is 9.17. The van der Waals surface area contributed by atoms with Crippen LogP contribution in [0.2, 0.25) is 5.02 Å². The Morgan fingerprint density at radius 1 is 1.21 bits per heavy atom. The molecule has 2 N–H and O–H groups in total. The second-order valence-electron chi connectivity index (χ2n) is 4.09. The van der Waals surface area contributed by atoms with Gasteiger partial charge < -0.3 is 14.9 Å². The lowest BCUT2D eigenvalue weighted by molar-refractivity contribution is 0.417. The standard InChI is InChI=1S/C14H11ClN2O2/c1-18-12-4-2-8(6-10(12)16)14-17-11-7-9(15)3-5-13(11)19-14/h2-7H,16H2,1H3. The number of nitrogens with two attached hydrogens (primary N) is 1. The van der Waals surface area contributed by atoms with Crippen LogP contribution >= 0.6 is 11.6 Å². The van der Waals surface area contributed by atoms with Gasteiger partial charge in [0, 0.05) is 10.6 Å². The fraction of sp³-hybridized carbons (Fsp3) is 0.0714. The third kappa shape index (κ3) is 2.11. The van der Waals surface area contributed by atoms with Gasteiger partial charge >= 0.3 is 0 Å². The Morgan fingerprint density at radius 2 is 2.05 bits per heavy atom. The number of nitrogens with zero attached hydrogens (tertiary/aromatic N) is 1. The van der Waals surface area contributed by atoms with Crippen LogP contribution in [-0.2, 0) is 0 Å². The Balaban J connectivity index is 2.11. The van der Waals surface area contributed by atoms with Gasteiger partial charge in [-0.15, -0.1) is 0 Å². The molecule has 96 valence electrons. The van der Waals surface area contributed by atoms with Crippen molar-refractivity contribution in [2.45, 2.75) is 0 Å². The van der Waals surface area contributed by atoms with Crippen LogP contribution in [0.3, 0.4) is 0 Å². The van der Waals surface area contributed by atoms with Crippen LogP contribution in [0, 0.1) is 0 Å². The Kier molecular flexibility index (Phi) is 2.80. The SMILES string of the molecule is COc1ccc(-c2nc3cc(Cl)ccc3o2)cc1N. The first kappa shape index (κ1) is 11.9. The first-order valence-corrected chi connectivity index (χ1v) is 6.05. The van der Waals surface area contributed by atoms with E-state index < -0.39 is 0 Å². The molecule has 0 bridgehead atoms. The number of halogens is 1. The van der Waals surface area contributed by atoms with Crippen molar-refractivity contribution in [3.05, 3.63) is 41.4 Å². The van der Waals surface area contributed by atoms with Crippen LogP contribution < -0.4 is 10.5 Å². The molecule has 0 fully saturated rings. The van der Waals surface area contributed by atoms with E-state index in [2.05, 4.69) is 4.98 Å². The van der Waals surface area contributed by atoms with Crippen LogP contribution in [0.15, 0.2) is 40.8 Å². The quantitative estimate of drug-likeness (QED) is 0.723. The topological polar surface area (TPSA) is 61.3 Å². The molecular formula is C14H11ClN2O2. The summed E-state index contributed by atoms with van der Waals surface area (Å²) in [5.41, 5.74) is 8.62. The van der Waals surface area contributed by atoms with E-state index in [0.717, 1.165) is 11.1 Å². The van der Waals surface area contributed by atoms with Crippen molar-refractivity contribution in [1.29, 1.82) is 0 Å². The van der Waals surface area contributed by atoms with E-state index in [1.54, 1.807) is 37.4 Å². The van der Waals surface area contributed by atoms with E-state index in [1.807, 2.05) is 6.07 Å². The zero-order valence-corrected chi connectivity index (χ0v) is 10.9. The maximum absolute atomic E-state index is 5.92. The van der Waals surface area contributed by atoms with Crippen LogP contribution in [0.4, 0.5) is 5.69 Å². The average Bonchev–Trinajstić information content (AvgIpc) is 2.81. The van der Waals surface area contributed by atoms with Gasteiger partial charge in [0.05, 0.1) is 12.8 Å². The third-order valence-electron chi connectivity index (χ3n) is 2.83. The maximum atomic E-state index is 5.92. The lowest BCUT2D eigenvalue weighted by Crippen LogP contribution is -1.92. The van der Waals surface area contributed by atoms with Gasteiger partial charge in [-0.25, -0.2) is 4.98 Å². The molecule has 0 spiro atoms. The highest BCUT2D eigenvalue weighted by Crippen LogP contribution is 2.30. The largest absolute Gasteiger partial charge is 0.495 e. The summed E-state index contributed by atoms with van der Waals surface area (Å²) in [5.74, 6) is 1.13. The second-order valence-corrected chi connectivity index (χ2v) is 4.52. The fourth-order valence-corrected chi connectivity index (χ4v) is 2.06. The molecule has 19 heavy (non-hydrogen) atoms. The predicted molar refractivity (Wildman–Crippen MR) is 75.4 cm³/mol. The summed E-state index contributed by atoms with van der Waals surface area (Å²) in [6, 6.07) is 10.7. The van der Waals surface area contributed by atoms with Crippen molar-refractivity contribution in [2.24, 2.45) is 0 Å². The van der Waals surface area contributed by atoms with E-state index in [1.165, 1.54) is 0 Å². The molecule has 0 unspecified atom stereocenters. The lowest BCUT2D eigenvalue weighted by atomic mass is 10.2. The minimum absolute atomic E-state index is 0.506. The van der Waals surface area contributed by atoms with Crippen molar-refractivity contribution in [1.82, 2.24) is 4.98 Å². The minimum Gasteiger partial charge on any atom is -0.495 e. The first-order valence-electron chi connectivity index (χ1n) is 5.67. The highest BCUT2D eigenvalue weighted by Gasteiger charge is 2.10. The van der Waals surface area contributed by atoms with Crippen molar-refractivity contribution < 1.29 is 9.15 Å². The number of methoxy groups -OCH3 is 1. The number of fused-ring (bicyclic) bond motifs is 1. The van der Waals surface area contributed by atoms with Crippen molar-refractivity contribution in [2.75, 3.05) is 12.8 Å². The second kappa shape index (κ2) is 4.48. The summed E-state index contributed by atoms with van der Waals surface area (Å²) >= 11 is 5.92. The monoisotopic (exact) mass is 274 g/mol. The number of anilines is 1. The molecule has 0 aliphatic carbocycles. The summed E-state index contributed by atoms with van der Waals surface area (Å²) in [6.07, 6.45) is 0. The predicted octanol–water partition coefficient (Wildman–Crippen LogP) is 3.74. The molecule has 0 saturated heterocycles. The van der Waals surface area contributed by atoms with E-state index in [-0.39, 0.29) is 0 Å². The number of oxazole rings is 1. The Hall–Kier alpha value is -2.20. The van der Waals surface area contributed by atoms with Crippen molar-refractivity contribution in [3.8, 4) is 17.2 Å². The van der Waals surface area contributed by atoms with E-state index in [4.69, 9.17) is 26.5 Å². The summed E-state index contributed by atoms with van der Waals surface area (Å²) in [4.78, 5) is 4.39. The summed E-state index contributed by atoms with van der Waals surface area (Å²) in [7, 11) is 1.58. The van der Waals surface area contributed by atoms with Crippen LogP contribution in [0.25, 0.3) is 22.6 Å². The Morgan fingerprint density at radius 3 is 2.79 bits per heavy atom. The molecule has 0 saturated carbocycles. The molecular weight excluding hydrogens is 264 g/mol. The molecule has 1 aromatic heterocycles. The van der Waals surface area contributed by atoms with Crippen molar-refractivity contribution >= 4 is 28.4 Å². The fourth-order valence-electron chi connectivity index (χ4n) is 1.89. The molecule has 0 aliphatic heterocycles. The van der Waals surface area contributed by atoms with Gasteiger partial charge in [0.15, 0.2) is 5.58 Å².